The molecule has 7 N–H and O–H groups in total. The van der Waals surface area contributed by atoms with Crippen molar-refractivity contribution in [3.63, 3.8) is 0 Å². The number of carboxylic acid groups (broad SMARTS) is 1. The van der Waals surface area contributed by atoms with E-state index in [1.165, 1.54) is 71.1 Å². The Morgan fingerprint density at radius 2 is 0.778 bits per heavy atom. The molecule has 0 rings (SSSR count). The molecule has 1 unspecified atom stereocenters. The van der Waals surface area contributed by atoms with Crippen LogP contribution in [0, 0.1) is 0 Å². The minimum Gasteiger partial charge on any atom is -0.480 e. The number of aliphatic hydroxyl groups is 2. The highest BCUT2D eigenvalue weighted by molar-refractivity contribution is 5.84. The SMILES string of the molecule is CC(=O)COCCOCCNC(=O)COCCOCCNC(=O)COCCOCCNC(=O)CCC(NC(=O)CCCCCCCCCCCCCCCCCCC(O)O)C(=O)O. The van der Waals surface area contributed by atoms with Gasteiger partial charge in [-0.15, -0.1) is 0 Å². The van der Waals surface area contributed by atoms with E-state index in [0.29, 0.717) is 39.2 Å². The fourth-order valence-electron chi connectivity index (χ4n) is 6.07. The molecule has 0 aliphatic carbocycles. The van der Waals surface area contributed by atoms with Crippen LogP contribution in [0.15, 0.2) is 0 Å². The lowest BCUT2D eigenvalue weighted by molar-refractivity contribution is -0.142. The largest absolute Gasteiger partial charge is 0.480 e. The second-order valence-electron chi connectivity index (χ2n) is 15.4. The molecule has 1 atom stereocenters. The number of carbonyl (C=O) groups excluding carboxylic acids is 5. The quantitative estimate of drug-likeness (QED) is 0.0342. The molecule has 19 nitrogen and oxygen atoms in total. The molecule has 19 heteroatoms. The zero-order chi connectivity index (χ0) is 46.4. The van der Waals surface area contributed by atoms with E-state index in [4.69, 9.17) is 38.6 Å². The maximum absolute atomic E-state index is 12.3. The van der Waals surface area contributed by atoms with Crippen LogP contribution in [-0.4, -0.2) is 162 Å². The predicted molar refractivity (Wildman–Crippen MR) is 235 cm³/mol. The lowest BCUT2D eigenvalue weighted by atomic mass is 10.0. The molecule has 4 amide bonds. The molecule has 0 bridgehead atoms. The molecule has 63 heavy (non-hydrogen) atoms. The van der Waals surface area contributed by atoms with Gasteiger partial charge in [-0.2, -0.15) is 0 Å². The summed E-state index contributed by atoms with van der Waals surface area (Å²) in [7, 11) is 0. The summed E-state index contributed by atoms with van der Waals surface area (Å²) in [5, 5.41) is 37.7. The van der Waals surface area contributed by atoms with Gasteiger partial charge in [0.15, 0.2) is 12.1 Å². The lowest BCUT2D eigenvalue weighted by Gasteiger charge is -2.14. The van der Waals surface area contributed by atoms with E-state index in [1.54, 1.807) is 0 Å². The van der Waals surface area contributed by atoms with Crippen LogP contribution in [0.5, 0.6) is 0 Å². The first-order chi connectivity index (χ1) is 30.5. The average Bonchev–Trinajstić information content (AvgIpc) is 3.24. The molecule has 0 aliphatic heterocycles. The van der Waals surface area contributed by atoms with Crippen molar-refractivity contribution in [2.45, 2.75) is 148 Å². The van der Waals surface area contributed by atoms with Crippen molar-refractivity contribution in [3.8, 4) is 0 Å². The third-order valence-corrected chi connectivity index (χ3v) is 9.50. The van der Waals surface area contributed by atoms with Gasteiger partial charge >= 0.3 is 5.97 Å². The van der Waals surface area contributed by atoms with Crippen LogP contribution in [0.2, 0.25) is 0 Å². The summed E-state index contributed by atoms with van der Waals surface area (Å²) in [4.78, 5) is 70.6. The lowest BCUT2D eigenvalue weighted by Crippen LogP contribution is -2.41. The molecule has 0 saturated heterocycles. The van der Waals surface area contributed by atoms with Gasteiger partial charge in [0, 0.05) is 32.5 Å². The number of aliphatic carboxylic acids is 1. The molecule has 368 valence electrons. The number of Topliss-reactive ketones (excluding diaryl/α,β-unsaturated/α-hetero) is 1. The first-order valence-electron chi connectivity index (χ1n) is 23.2. The third-order valence-electron chi connectivity index (χ3n) is 9.50. The summed E-state index contributed by atoms with van der Waals surface area (Å²) in [6, 6.07) is -1.14. The minimum absolute atomic E-state index is 0.0232. The second kappa shape index (κ2) is 45.3. The van der Waals surface area contributed by atoms with Gasteiger partial charge in [0.2, 0.25) is 23.6 Å². The summed E-state index contributed by atoms with van der Waals surface area (Å²) in [5.74, 6) is -2.52. The average molecular weight is 907 g/mol. The van der Waals surface area contributed by atoms with E-state index in [1.807, 2.05) is 0 Å². The van der Waals surface area contributed by atoms with E-state index in [9.17, 15) is 33.9 Å². The molecular formula is C44H82N4O15. The topological polar surface area (TPSA) is 267 Å². The summed E-state index contributed by atoms with van der Waals surface area (Å²) in [6.07, 6.45) is 17.6. The zero-order valence-corrected chi connectivity index (χ0v) is 38.1. The monoisotopic (exact) mass is 907 g/mol. The van der Waals surface area contributed by atoms with Crippen molar-refractivity contribution < 1.29 is 72.5 Å². The van der Waals surface area contributed by atoms with Crippen molar-refractivity contribution in [2.75, 3.05) is 98.9 Å². The fraction of sp³-hybridized carbons (Fsp3) is 0.864. The van der Waals surface area contributed by atoms with Crippen molar-refractivity contribution in [1.29, 1.82) is 0 Å². The van der Waals surface area contributed by atoms with Crippen LogP contribution in [0.3, 0.4) is 0 Å². The molecular weight excluding hydrogens is 824 g/mol. The standard InChI is InChI=1S/C44H82N4O15/c1-37(49)34-61-31-28-59-26-23-46-41(52)36-63-33-30-60-27-24-47-42(53)35-62-32-29-58-25-22-45-39(50)21-20-38(44(56)57)48-40(51)18-16-14-12-10-8-6-4-2-3-5-7-9-11-13-15-17-19-43(54)55/h38,43,54-55H,2-36H2,1H3,(H,45,50)(H,46,52)(H,47,53)(H,48,51)(H,56,57). The van der Waals surface area contributed by atoms with Crippen LogP contribution in [-0.2, 0) is 57.2 Å². The summed E-state index contributed by atoms with van der Waals surface area (Å²) in [5.41, 5.74) is 0. The van der Waals surface area contributed by atoms with E-state index < -0.39 is 18.3 Å². The van der Waals surface area contributed by atoms with Crippen molar-refractivity contribution >= 4 is 35.4 Å². The van der Waals surface area contributed by atoms with Gasteiger partial charge in [-0.25, -0.2) is 4.79 Å². The molecule has 0 aliphatic rings. The molecule has 0 aromatic heterocycles. The van der Waals surface area contributed by atoms with Crippen molar-refractivity contribution in [1.82, 2.24) is 21.3 Å². The van der Waals surface area contributed by atoms with E-state index >= 15 is 0 Å². The van der Waals surface area contributed by atoms with Gasteiger partial charge < -0.3 is 65.0 Å². The number of hydrogen-bond donors (Lipinski definition) is 7. The molecule has 0 fully saturated rings. The van der Waals surface area contributed by atoms with Gasteiger partial charge in [-0.05, 0) is 32.6 Å². The zero-order valence-electron chi connectivity index (χ0n) is 38.1. The highest BCUT2D eigenvalue weighted by atomic mass is 16.5. The minimum atomic E-state index is -1.18. The Bertz CT molecular complexity index is 1160. The highest BCUT2D eigenvalue weighted by Crippen LogP contribution is 2.14. The normalized spacial score (nSPS) is 11.7. The number of amides is 4. The molecule has 0 aromatic carbocycles. The van der Waals surface area contributed by atoms with E-state index in [-0.39, 0.29) is 121 Å². The number of ketones is 1. The van der Waals surface area contributed by atoms with E-state index in [2.05, 4.69) is 21.3 Å². The van der Waals surface area contributed by atoms with Crippen molar-refractivity contribution in [3.05, 3.63) is 0 Å². The molecule has 0 saturated carbocycles. The molecule has 0 aromatic rings. The maximum Gasteiger partial charge on any atom is 0.326 e. The number of aliphatic hydroxyl groups excluding tert-OH is 1. The number of carboxylic acids is 1. The van der Waals surface area contributed by atoms with Gasteiger partial charge in [0.1, 0.15) is 25.9 Å². The Balaban J connectivity index is 3.61. The summed E-state index contributed by atoms with van der Waals surface area (Å²) in [6.45, 7) is 4.23. The molecule has 0 radical (unpaired) electrons. The Hall–Kier alpha value is -3.30. The Morgan fingerprint density at radius 3 is 1.17 bits per heavy atom. The first kappa shape index (κ1) is 59.7. The highest BCUT2D eigenvalue weighted by Gasteiger charge is 2.20. The van der Waals surface area contributed by atoms with Gasteiger partial charge in [-0.1, -0.05) is 89.9 Å². The van der Waals surface area contributed by atoms with Crippen LogP contribution < -0.4 is 21.3 Å². The Labute approximate surface area is 375 Å². The predicted octanol–water partition coefficient (Wildman–Crippen LogP) is 2.71. The Morgan fingerprint density at radius 1 is 0.413 bits per heavy atom. The van der Waals surface area contributed by atoms with Crippen LogP contribution in [0.25, 0.3) is 0 Å². The molecule has 0 spiro atoms. The first-order valence-corrected chi connectivity index (χ1v) is 23.2. The van der Waals surface area contributed by atoms with E-state index in [0.717, 1.165) is 32.1 Å². The second-order valence-corrected chi connectivity index (χ2v) is 15.4. The van der Waals surface area contributed by atoms with Gasteiger partial charge in [0.05, 0.1) is 59.5 Å². The number of rotatable bonds is 48. The smallest absolute Gasteiger partial charge is 0.326 e. The fourth-order valence-corrected chi connectivity index (χ4v) is 6.07. The van der Waals surface area contributed by atoms with Crippen LogP contribution in [0.4, 0.5) is 0 Å². The number of nitrogens with one attached hydrogen (secondary N) is 4. The van der Waals surface area contributed by atoms with Gasteiger partial charge in [0.25, 0.3) is 0 Å². The summed E-state index contributed by atoms with van der Waals surface area (Å²) >= 11 is 0. The van der Waals surface area contributed by atoms with Crippen LogP contribution >= 0.6 is 0 Å². The number of hydrogen-bond acceptors (Lipinski definition) is 14. The molecule has 0 heterocycles. The van der Waals surface area contributed by atoms with Crippen LogP contribution in [0.1, 0.15) is 135 Å². The maximum atomic E-state index is 12.3. The number of carbonyl (C=O) groups is 6. The van der Waals surface area contributed by atoms with Gasteiger partial charge in [-0.3, -0.25) is 24.0 Å². The van der Waals surface area contributed by atoms with Crippen molar-refractivity contribution in [2.24, 2.45) is 0 Å². The number of ether oxygens (including phenoxy) is 6. The summed E-state index contributed by atoms with van der Waals surface area (Å²) < 4.78 is 31.6. The number of unbranched alkanes of at least 4 members (excludes halogenated alkanes) is 15. The Kier molecular flexibility index (Phi) is 42.9. The third kappa shape index (κ3) is 46.5.